The molecule has 1 amide bonds. The molecule has 0 spiro atoms. The Balaban J connectivity index is 1.18. The summed E-state index contributed by atoms with van der Waals surface area (Å²) in [4.78, 5) is 28.7. The topological polar surface area (TPSA) is 79.6 Å². The molecule has 0 saturated carbocycles. The Bertz CT molecular complexity index is 1370. The second kappa shape index (κ2) is 9.49. The molecule has 2 saturated heterocycles. The Hall–Kier alpha value is -3.95. The van der Waals surface area contributed by atoms with Gasteiger partial charge >= 0.3 is 6.09 Å². The number of aryl methyl sites for hydroxylation is 1. The van der Waals surface area contributed by atoms with Crippen LogP contribution in [0, 0.1) is 24.2 Å². The maximum Gasteiger partial charge on any atom is 0.410 e. The summed E-state index contributed by atoms with van der Waals surface area (Å²) in [7, 11) is 0. The van der Waals surface area contributed by atoms with Crippen molar-refractivity contribution in [3.63, 3.8) is 0 Å². The van der Waals surface area contributed by atoms with Crippen molar-refractivity contribution in [3.05, 3.63) is 94.5 Å². The van der Waals surface area contributed by atoms with E-state index in [4.69, 9.17) is 9.47 Å². The lowest BCUT2D eigenvalue weighted by atomic mass is 9.79. The zero-order valence-electron chi connectivity index (χ0n) is 20.7. The van der Waals surface area contributed by atoms with Crippen LogP contribution in [0.3, 0.4) is 0 Å². The molecule has 3 aromatic rings. The van der Waals surface area contributed by atoms with Crippen molar-refractivity contribution in [2.75, 3.05) is 19.8 Å². The second-order valence-corrected chi connectivity index (χ2v) is 10.2. The molecule has 3 aromatic carbocycles. The Labute approximate surface area is 216 Å². The highest BCUT2D eigenvalue weighted by Crippen LogP contribution is 2.45. The number of carbonyl (C=O) groups excluding carboxylic acids is 2. The van der Waals surface area contributed by atoms with Gasteiger partial charge in [-0.1, -0.05) is 60.7 Å². The Morgan fingerprint density at radius 1 is 0.946 bits per heavy atom. The first-order valence-corrected chi connectivity index (χ1v) is 12.8. The van der Waals surface area contributed by atoms with Gasteiger partial charge in [0, 0.05) is 17.4 Å². The number of rotatable bonds is 4. The molecule has 2 bridgehead atoms. The predicted molar refractivity (Wildman–Crippen MR) is 138 cm³/mol. The lowest BCUT2D eigenvalue weighted by Crippen LogP contribution is -2.60. The van der Waals surface area contributed by atoms with Crippen LogP contribution in [-0.4, -0.2) is 48.7 Å². The van der Waals surface area contributed by atoms with Gasteiger partial charge in [0.25, 0.3) is 0 Å². The summed E-state index contributed by atoms with van der Waals surface area (Å²) in [5.41, 5.74) is 6.46. The van der Waals surface area contributed by atoms with Gasteiger partial charge in [-0.2, -0.15) is 5.26 Å². The zero-order chi connectivity index (χ0) is 25.5. The largest absolute Gasteiger partial charge is 0.448 e. The van der Waals surface area contributed by atoms with Crippen molar-refractivity contribution in [2.45, 2.75) is 37.8 Å². The molecule has 186 valence electrons. The molecule has 1 aliphatic carbocycles. The number of benzene rings is 3. The molecule has 37 heavy (non-hydrogen) atoms. The van der Waals surface area contributed by atoms with Crippen LogP contribution >= 0.6 is 0 Å². The Kier molecular flexibility index (Phi) is 6.02. The first-order chi connectivity index (χ1) is 18.1. The van der Waals surface area contributed by atoms with Gasteiger partial charge in [0.2, 0.25) is 0 Å². The highest BCUT2D eigenvalue weighted by Gasteiger charge is 2.45. The van der Waals surface area contributed by atoms with E-state index in [0.29, 0.717) is 37.2 Å². The number of ketones is 1. The molecule has 6 nitrogen and oxygen atoms in total. The van der Waals surface area contributed by atoms with Crippen molar-refractivity contribution in [1.29, 1.82) is 5.26 Å². The zero-order valence-corrected chi connectivity index (χ0v) is 20.7. The SMILES string of the molecule is Cc1cccc(C#N)c1C(=O)C1CC2COCC(C1)N2C(=O)OCC1c2ccccc2-c2ccccc21. The fraction of sp³-hybridized carbons (Fsp3) is 0.323. The first kappa shape index (κ1) is 23.4. The van der Waals surface area contributed by atoms with Gasteiger partial charge in [-0.15, -0.1) is 0 Å². The third kappa shape index (κ3) is 4.00. The average Bonchev–Trinajstić information content (AvgIpc) is 3.24. The third-order valence-electron chi connectivity index (χ3n) is 8.08. The predicted octanol–water partition coefficient (Wildman–Crippen LogP) is 5.48. The summed E-state index contributed by atoms with van der Waals surface area (Å²) in [6.07, 6.45) is 0.650. The number of morpholine rings is 1. The molecule has 2 fully saturated rings. The normalized spacial score (nSPS) is 22.1. The molecule has 2 heterocycles. The van der Waals surface area contributed by atoms with Crippen molar-refractivity contribution < 1.29 is 19.1 Å². The fourth-order valence-corrected chi connectivity index (χ4v) is 6.39. The number of piperidine rings is 1. The lowest BCUT2D eigenvalue weighted by Gasteiger charge is -2.47. The van der Waals surface area contributed by atoms with Gasteiger partial charge in [-0.3, -0.25) is 9.69 Å². The number of carbonyl (C=O) groups is 2. The van der Waals surface area contributed by atoms with Gasteiger partial charge in [-0.25, -0.2) is 4.79 Å². The van der Waals surface area contributed by atoms with Crippen molar-refractivity contribution in [3.8, 4) is 17.2 Å². The Morgan fingerprint density at radius 3 is 2.19 bits per heavy atom. The monoisotopic (exact) mass is 492 g/mol. The average molecular weight is 493 g/mol. The molecule has 0 N–H and O–H groups in total. The van der Waals surface area contributed by atoms with Gasteiger partial charge in [-0.05, 0) is 53.6 Å². The van der Waals surface area contributed by atoms with Crippen molar-refractivity contribution in [2.24, 2.45) is 5.92 Å². The van der Waals surface area contributed by atoms with E-state index in [9.17, 15) is 14.9 Å². The fourth-order valence-electron chi connectivity index (χ4n) is 6.39. The van der Waals surface area contributed by atoms with E-state index in [1.165, 1.54) is 22.3 Å². The first-order valence-electron chi connectivity index (χ1n) is 12.8. The number of fused-ring (bicyclic) bond motifs is 5. The summed E-state index contributed by atoms with van der Waals surface area (Å²) >= 11 is 0. The molecule has 6 rings (SSSR count). The molecule has 0 aromatic heterocycles. The molecular weight excluding hydrogens is 464 g/mol. The minimum absolute atomic E-state index is 0.00276. The molecule has 2 atom stereocenters. The highest BCUT2D eigenvalue weighted by atomic mass is 16.6. The number of nitriles is 1. The molecule has 2 unspecified atom stereocenters. The maximum atomic E-state index is 13.5. The van der Waals surface area contributed by atoms with Gasteiger partial charge in [0.1, 0.15) is 6.61 Å². The van der Waals surface area contributed by atoms with Crippen LogP contribution in [0.2, 0.25) is 0 Å². The summed E-state index contributed by atoms with van der Waals surface area (Å²) in [6, 6.07) is 23.6. The van der Waals surface area contributed by atoms with Crippen LogP contribution in [0.5, 0.6) is 0 Å². The van der Waals surface area contributed by atoms with E-state index in [0.717, 1.165) is 5.56 Å². The molecular formula is C31H28N2O4. The minimum atomic E-state index is -0.348. The van der Waals surface area contributed by atoms with Crippen LogP contribution in [-0.2, 0) is 9.47 Å². The van der Waals surface area contributed by atoms with E-state index in [2.05, 4.69) is 30.3 Å². The van der Waals surface area contributed by atoms with Gasteiger partial charge in [0.05, 0.1) is 36.9 Å². The number of hydrogen-bond acceptors (Lipinski definition) is 5. The number of Topliss-reactive ketones (excluding diaryl/α,β-unsaturated/α-hetero) is 1. The molecule has 3 aliphatic rings. The van der Waals surface area contributed by atoms with Crippen molar-refractivity contribution >= 4 is 11.9 Å². The van der Waals surface area contributed by atoms with Crippen LogP contribution in [0.1, 0.15) is 51.4 Å². The van der Waals surface area contributed by atoms with Crippen LogP contribution in [0.4, 0.5) is 4.79 Å². The number of ether oxygens (including phenoxy) is 2. The second-order valence-electron chi connectivity index (χ2n) is 10.2. The number of amides is 1. The van der Waals surface area contributed by atoms with Gasteiger partial charge < -0.3 is 9.47 Å². The molecule has 2 aliphatic heterocycles. The lowest BCUT2D eigenvalue weighted by molar-refractivity contribution is -0.0747. The third-order valence-corrected chi connectivity index (χ3v) is 8.08. The summed E-state index contributed by atoms with van der Waals surface area (Å²) < 4.78 is 11.7. The molecule has 0 radical (unpaired) electrons. The molecule has 6 heteroatoms. The summed E-state index contributed by atoms with van der Waals surface area (Å²) in [5, 5.41) is 9.55. The van der Waals surface area contributed by atoms with Crippen LogP contribution < -0.4 is 0 Å². The van der Waals surface area contributed by atoms with E-state index in [1.54, 1.807) is 17.0 Å². The minimum Gasteiger partial charge on any atom is -0.448 e. The summed E-state index contributed by atoms with van der Waals surface area (Å²) in [5.74, 6) is -0.277. The van der Waals surface area contributed by atoms with E-state index in [1.807, 2.05) is 37.3 Å². The van der Waals surface area contributed by atoms with E-state index < -0.39 is 0 Å². The highest BCUT2D eigenvalue weighted by molar-refractivity contribution is 6.01. The van der Waals surface area contributed by atoms with Crippen LogP contribution in [0.15, 0.2) is 66.7 Å². The van der Waals surface area contributed by atoms with E-state index >= 15 is 0 Å². The van der Waals surface area contributed by atoms with Crippen molar-refractivity contribution in [1.82, 2.24) is 4.90 Å². The van der Waals surface area contributed by atoms with E-state index in [-0.39, 0.29) is 42.4 Å². The van der Waals surface area contributed by atoms with Crippen LogP contribution in [0.25, 0.3) is 11.1 Å². The number of hydrogen-bond donors (Lipinski definition) is 0. The Morgan fingerprint density at radius 2 is 1.57 bits per heavy atom. The quantitative estimate of drug-likeness (QED) is 0.451. The maximum absolute atomic E-state index is 13.5. The van der Waals surface area contributed by atoms with Gasteiger partial charge in [0.15, 0.2) is 5.78 Å². The smallest absolute Gasteiger partial charge is 0.410 e. The standard InChI is InChI=1S/C31H28N2O4/c1-19-7-6-8-20(15-32)29(19)30(34)21-13-22-16-36-17-23(14-21)33(22)31(35)37-18-28-26-11-4-2-9-24(26)25-10-3-5-12-27(25)28/h2-12,21-23,28H,13-14,16-18H2,1H3. The summed E-state index contributed by atoms with van der Waals surface area (Å²) in [6.45, 7) is 2.89. The number of nitrogens with zero attached hydrogens (tertiary/aromatic N) is 2.